The number of nitrogens with zero attached hydrogens (tertiary/aromatic N) is 3. The molecule has 5 nitrogen and oxygen atoms in total. The zero-order valence-electron chi connectivity index (χ0n) is 10.7. The first-order chi connectivity index (χ1) is 9.41. The standard InChI is InChI=1S/C13H12F2N4O/c1-13(14,15)12(20)17-4-5-19-11-3-2-9(7-16)6-10(11)8-18-19/h2-3,6,8H,4-5H2,1H3,(H,17,20). The van der Waals surface area contributed by atoms with Gasteiger partial charge in [0.05, 0.1) is 29.9 Å². The van der Waals surface area contributed by atoms with E-state index in [-0.39, 0.29) is 13.1 Å². The number of halogens is 2. The van der Waals surface area contributed by atoms with Crippen molar-refractivity contribution in [3.8, 4) is 6.07 Å². The third kappa shape index (κ3) is 2.91. The zero-order valence-corrected chi connectivity index (χ0v) is 10.7. The topological polar surface area (TPSA) is 70.7 Å². The van der Waals surface area contributed by atoms with Crippen LogP contribution >= 0.6 is 0 Å². The normalized spacial score (nSPS) is 11.3. The number of amides is 1. The Labute approximate surface area is 113 Å². The summed E-state index contributed by atoms with van der Waals surface area (Å²) in [5.74, 6) is -4.69. The number of aromatic nitrogens is 2. The Morgan fingerprint density at radius 3 is 2.95 bits per heavy atom. The maximum absolute atomic E-state index is 12.7. The maximum atomic E-state index is 12.7. The Bertz CT molecular complexity index is 682. The fourth-order valence-corrected chi connectivity index (χ4v) is 1.77. The molecule has 0 bridgehead atoms. The number of nitrogens with one attached hydrogen (secondary N) is 1. The van der Waals surface area contributed by atoms with Crippen molar-refractivity contribution >= 4 is 16.8 Å². The van der Waals surface area contributed by atoms with Gasteiger partial charge in [-0.2, -0.15) is 19.1 Å². The lowest BCUT2D eigenvalue weighted by atomic mass is 10.2. The summed E-state index contributed by atoms with van der Waals surface area (Å²) in [5, 5.41) is 15.8. The highest BCUT2D eigenvalue weighted by Crippen LogP contribution is 2.15. The van der Waals surface area contributed by atoms with E-state index >= 15 is 0 Å². The second-order valence-corrected chi connectivity index (χ2v) is 4.40. The van der Waals surface area contributed by atoms with E-state index < -0.39 is 11.8 Å². The molecule has 0 aliphatic carbocycles. The maximum Gasteiger partial charge on any atom is 0.321 e. The van der Waals surface area contributed by atoms with E-state index in [9.17, 15) is 13.6 Å². The molecule has 1 aromatic carbocycles. The molecule has 0 aliphatic heterocycles. The minimum absolute atomic E-state index is 0.0546. The SMILES string of the molecule is CC(F)(F)C(=O)NCCn1ncc2cc(C#N)ccc21. The van der Waals surface area contributed by atoms with E-state index in [1.54, 1.807) is 29.1 Å². The average Bonchev–Trinajstić information content (AvgIpc) is 2.80. The first kappa shape index (κ1) is 13.9. The van der Waals surface area contributed by atoms with Crippen molar-refractivity contribution in [2.24, 2.45) is 0 Å². The number of nitriles is 1. The molecule has 0 aliphatic rings. The van der Waals surface area contributed by atoms with Crippen LogP contribution in [0.1, 0.15) is 12.5 Å². The molecule has 2 rings (SSSR count). The molecule has 0 radical (unpaired) electrons. The van der Waals surface area contributed by atoms with Gasteiger partial charge in [-0.1, -0.05) is 0 Å². The molecule has 0 unspecified atom stereocenters. The zero-order chi connectivity index (χ0) is 14.8. The van der Waals surface area contributed by atoms with Crippen molar-refractivity contribution < 1.29 is 13.6 Å². The summed E-state index contributed by atoms with van der Waals surface area (Å²) < 4.78 is 26.9. The predicted molar refractivity (Wildman–Crippen MR) is 68.1 cm³/mol. The fraction of sp³-hybridized carbons (Fsp3) is 0.308. The highest BCUT2D eigenvalue weighted by atomic mass is 19.3. The third-order valence-electron chi connectivity index (χ3n) is 2.78. The minimum atomic E-state index is -3.38. The molecule has 0 spiro atoms. The first-order valence-electron chi connectivity index (χ1n) is 5.93. The van der Waals surface area contributed by atoms with Crippen molar-refractivity contribution in [2.45, 2.75) is 19.4 Å². The van der Waals surface area contributed by atoms with Crippen molar-refractivity contribution in [2.75, 3.05) is 6.54 Å². The van der Waals surface area contributed by atoms with Crippen molar-refractivity contribution in [1.82, 2.24) is 15.1 Å². The van der Waals surface area contributed by atoms with Gasteiger partial charge in [0.15, 0.2) is 0 Å². The number of benzene rings is 1. The quantitative estimate of drug-likeness (QED) is 0.925. The second-order valence-electron chi connectivity index (χ2n) is 4.40. The molecule has 2 aromatic rings. The lowest BCUT2D eigenvalue weighted by molar-refractivity contribution is -0.143. The van der Waals surface area contributed by atoms with Gasteiger partial charge >= 0.3 is 5.92 Å². The summed E-state index contributed by atoms with van der Waals surface area (Å²) in [6, 6.07) is 7.10. The number of hydrogen-bond acceptors (Lipinski definition) is 3. The summed E-state index contributed by atoms with van der Waals surface area (Å²) >= 11 is 0. The van der Waals surface area contributed by atoms with Gasteiger partial charge in [0.2, 0.25) is 0 Å². The summed E-state index contributed by atoms with van der Waals surface area (Å²) in [4.78, 5) is 11.0. The lowest BCUT2D eigenvalue weighted by Crippen LogP contribution is -2.39. The minimum Gasteiger partial charge on any atom is -0.349 e. The highest BCUT2D eigenvalue weighted by molar-refractivity contribution is 5.83. The van der Waals surface area contributed by atoms with Crippen LogP contribution in [-0.2, 0) is 11.3 Å². The molecule has 1 N–H and O–H groups in total. The Kier molecular flexibility index (Phi) is 3.66. The van der Waals surface area contributed by atoms with Crippen LogP contribution in [0.4, 0.5) is 8.78 Å². The second kappa shape index (κ2) is 5.25. The smallest absolute Gasteiger partial charge is 0.321 e. The van der Waals surface area contributed by atoms with Crippen molar-refractivity contribution in [3.05, 3.63) is 30.0 Å². The summed E-state index contributed by atoms with van der Waals surface area (Å²) in [7, 11) is 0. The molecule has 0 atom stereocenters. The van der Waals surface area contributed by atoms with E-state index in [0.29, 0.717) is 12.5 Å². The molecular formula is C13H12F2N4O. The van der Waals surface area contributed by atoms with Gasteiger partial charge in [-0.3, -0.25) is 9.48 Å². The molecule has 1 amide bonds. The molecule has 7 heteroatoms. The first-order valence-corrected chi connectivity index (χ1v) is 5.93. The number of fused-ring (bicyclic) bond motifs is 1. The van der Waals surface area contributed by atoms with E-state index in [2.05, 4.69) is 10.4 Å². The van der Waals surface area contributed by atoms with E-state index in [1.165, 1.54) is 0 Å². The van der Waals surface area contributed by atoms with Crippen LogP contribution in [-0.4, -0.2) is 28.2 Å². The van der Waals surface area contributed by atoms with E-state index in [4.69, 9.17) is 5.26 Å². The largest absolute Gasteiger partial charge is 0.349 e. The van der Waals surface area contributed by atoms with Gasteiger partial charge < -0.3 is 5.32 Å². The monoisotopic (exact) mass is 278 g/mol. The molecular weight excluding hydrogens is 266 g/mol. The Morgan fingerprint density at radius 1 is 1.55 bits per heavy atom. The van der Waals surface area contributed by atoms with Gasteiger partial charge in [0, 0.05) is 18.9 Å². The molecule has 0 saturated carbocycles. The van der Waals surface area contributed by atoms with Gasteiger partial charge in [-0.15, -0.1) is 0 Å². The lowest BCUT2D eigenvalue weighted by Gasteiger charge is -2.11. The van der Waals surface area contributed by atoms with Crippen molar-refractivity contribution in [3.63, 3.8) is 0 Å². The van der Waals surface area contributed by atoms with Crippen LogP contribution in [0.3, 0.4) is 0 Å². The Morgan fingerprint density at radius 2 is 2.30 bits per heavy atom. The summed E-state index contributed by atoms with van der Waals surface area (Å²) in [6.07, 6.45) is 1.59. The molecule has 0 saturated heterocycles. The number of carbonyl (C=O) groups is 1. The van der Waals surface area contributed by atoms with Gasteiger partial charge in [-0.05, 0) is 18.2 Å². The van der Waals surface area contributed by atoms with E-state index in [0.717, 1.165) is 10.9 Å². The van der Waals surface area contributed by atoms with Gasteiger partial charge in [0.25, 0.3) is 5.91 Å². The Hall–Kier alpha value is -2.49. The molecule has 0 fully saturated rings. The van der Waals surface area contributed by atoms with Crippen LogP contribution in [0.5, 0.6) is 0 Å². The van der Waals surface area contributed by atoms with Crippen molar-refractivity contribution in [1.29, 1.82) is 5.26 Å². The van der Waals surface area contributed by atoms with E-state index in [1.807, 2.05) is 6.07 Å². The molecule has 20 heavy (non-hydrogen) atoms. The number of rotatable bonds is 4. The highest BCUT2D eigenvalue weighted by Gasteiger charge is 2.31. The predicted octanol–water partition coefficient (Wildman–Crippen LogP) is 1.68. The van der Waals surface area contributed by atoms with Crippen LogP contribution in [0.25, 0.3) is 10.9 Å². The summed E-state index contributed by atoms with van der Waals surface area (Å²) in [6.45, 7) is 0.880. The number of carbonyl (C=O) groups excluding carboxylic acids is 1. The fourth-order valence-electron chi connectivity index (χ4n) is 1.77. The number of hydrogen-bond donors (Lipinski definition) is 1. The van der Waals surface area contributed by atoms with Gasteiger partial charge in [-0.25, -0.2) is 0 Å². The molecule has 1 heterocycles. The van der Waals surface area contributed by atoms with Gasteiger partial charge in [0.1, 0.15) is 0 Å². The average molecular weight is 278 g/mol. The molecule has 1 aromatic heterocycles. The summed E-state index contributed by atoms with van der Waals surface area (Å²) in [5.41, 5.74) is 1.30. The van der Waals surface area contributed by atoms with Crippen LogP contribution in [0, 0.1) is 11.3 Å². The molecule has 104 valence electrons. The van der Waals surface area contributed by atoms with Crippen LogP contribution < -0.4 is 5.32 Å². The third-order valence-corrected chi connectivity index (χ3v) is 2.78. The Balaban J connectivity index is 2.05. The number of alkyl halides is 2. The van der Waals surface area contributed by atoms with Crippen LogP contribution in [0.15, 0.2) is 24.4 Å². The van der Waals surface area contributed by atoms with Crippen LogP contribution in [0.2, 0.25) is 0 Å².